The number of carbonyl (C=O) groups excluding carboxylic acids is 2. The molecule has 142 valence electrons. The molecule has 6 heteroatoms. The summed E-state index contributed by atoms with van der Waals surface area (Å²) in [6.45, 7) is 8.86. The molecular weight excluding hydrogens is 330 g/mol. The fourth-order valence-corrected chi connectivity index (χ4v) is 4.23. The zero-order valence-corrected chi connectivity index (χ0v) is 16.0. The van der Waals surface area contributed by atoms with E-state index in [0.29, 0.717) is 19.6 Å². The van der Waals surface area contributed by atoms with Gasteiger partial charge in [0.1, 0.15) is 5.60 Å². The molecule has 3 atom stereocenters. The lowest BCUT2D eigenvalue weighted by Crippen LogP contribution is -2.64. The molecule has 0 radical (unpaired) electrons. The summed E-state index contributed by atoms with van der Waals surface area (Å²) in [6, 6.07) is 10.5. The number of benzene rings is 1. The molecule has 0 bridgehead atoms. The number of hydrogen-bond donors (Lipinski definition) is 2. The van der Waals surface area contributed by atoms with Crippen molar-refractivity contribution < 1.29 is 14.3 Å². The minimum Gasteiger partial charge on any atom is -0.444 e. The smallest absolute Gasteiger partial charge is 0.410 e. The van der Waals surface area contributed by atoms with E-state index in [2.05, 4.69) is 22.8 Å². The second-order valence-corrected chi connectivity index (χ2v) is 8.40. The standard InChI is InChI=1S/C20H29N3O3/c1-14(24)22-20-12-21-17(15-8-6-5-7-9-15)16(20)10-11-23(13-20)18(25)26-19(2,3)4/h5-9,16-17,21H,10-13H2,1-4H3,(H,22,24)/t16?,17-,20+/m1/s1. The van der Waals surface area contributed by atoms with Gasteiger partial charge in [0.05, 0.1) is 5.54 Å². The Hall–Kier alpha value is -2.08. The normalized spacial score (nSPS) is 28.4. The van der Waals surface area contributed by atoms with Crippen LogP contribution >= 0.6 is 0 Å². The van der Waals surface area contributed by atoms with Crippen molar-refractivity contribution >= 4 is 12.0 Å². The first kappa shape index (κ1) is 18.7. The van der Waals surface area contributed by atoms with Crippen molar-refractivity contribution in [3.63, 3.8) is 0 Å². The second-order valence-electron chi connectivity index (χ2n) is 8.40. The van der Waals surface area contributed by atoms with E-state index < -0.39 is 11.1 Å². The molecule has 0 saturated carbocycles. The van der Waals surface area contributed by atoms with Crippen LogP contribution in [0.25, 0.3) is 0 Å². The molecule has 1 aromatic carbocycles. The van der Waals surface area contributed by atoms with Crippen LogP contribution < -0.4 is 10.6 Å². The van der Waals surface area contributed by atoms with E-state index in [0.717, 1.165) is 6.42 Å². The third-order valence-corrected chi connectivity index (χ3v) is 5.17. The molecule has 0 spiro atoms. The van der Waals surface area contributed by atoms with Crippen molar-refractivity contribution in [2.75, 3.05) is 19.6 Å². The molecule has 2 aliphatic rings. The van der Waals surface area contributed by atoms with E-state index in [-0.39, 0.29) is 24.0 Å². The Bertz CT molecular complexity index is 671. The van der Waals surface area contributed by atoms with E-state index >= 15 is 0 Å². The molecule has 2 amide bonds. The third kappa shape index (κ3) is 3.85. The lowest BCUT2D eigenvalue weighted by molar-refractivity contribution is -0.122. The first-order chi connectivity index (χ1) is 12.2. The van der Waals surface area contributed by atoms with Gasteiger partial charge in [-0.05, 0) is 32.8 Å². The highest BCUT2D eigenvalue weighted by Gasteiger charge is 2.53. The molecule has 26 heavy (non-hydrogen) atoms. The number of rotatable bonds is 2. The summed E-state index contributed by atoms with van der Waals surface area (Å²) >= 11 is 0. The van der Waals surface area contributed by atoms with Crippen molar-refractivity contribution in [2.45, 2.75) is 51.3 Å². The van der Waals surface area contributed by atoms with Crippen molar-refractivity contribution in [1.29, 1.82) is 0 Å². The summed E-state index contributed by atoms with van der Waals surface area (Å²) in [5, 5.41) is 6.73. The van der Waals surface area contributed by atoms with Crippen molar-refractivity contribution in [1.82, 2.24) is 15.5 Å². The Kier molecular flexibility index (Phi) is 4.97. The monoisotopic (exact) mass is 359 g/mol. The van der Waals surface area contributed by atoms with Gasteiger partial charge < -0.3 is 20.3 Å². The molecule has 2 fully saturated rings. The fraction of sp³-hybridized carbons (Fsp3) is 0.600. The van der Waals surface area contributed by atoms with E-state index in [1.54, 1.807) is 4.90 Å². The summed E-state index contributed by atoms with van der Waals surface area (Å²) in [7, 11) is 0. The maximum atomic E-state index is 12.6. The number of amides is 2. The zero-order chi connectivity index (χ0) is 18.9. The second kappa shape index (κ2) is 6.91. The summed E-state index contributed by atoms with van der Waals surface area (Å²) < 4.78 is 5.54. The zero-order valence-electron chi connectivity index (χ0n) is 16.0. The number of nitrogens with zero attached hydrogens (tertiary/aromatic N) is 1. The van der Waals surface area contributed by atoms with Gasteiger partial charge in [0.25, 0.3) is 0 Å². The van der Waals surface area contributed by atoms with Gasteiger partial charge in [0.15, 0.2) is 0 Å². The summed E-state index contributed by atoms with van der Waals surface area (Å²) in [5.74, 6) is 0.157. The Morgan fingerprint density at radius 2 is 1.96 bits per heavy atom. The van der Waals surface area contributed by atoms with Crippen LogP contribution in [-0.4, -0.2) is 47.7 Å². The van der Waals surface area contributed by atoms with Crippen LogP contribution in [0.2, 0.25) is 0 Å². The van der Waals surface area contributed by atoms with E-state index in [4.69, 9.17) is 4.74 Å². The fourth-order valence-electron chi connectivity index (χ4n) is 4.23. The number of carbonyl (C=O) groups is 2. The lowest BCUT2D eigenvalue weighted by atomic mass is 9.76. The van der Waals surface area contributed by atoms with Crippen molar-refractivity contribution in [2.24, 2.45) is 5.92 Å². The minimum absolute atomic E-state index is 0.0726. The lowest BCUT2D eigenvalue weighted by Gasteiger charge is -2.45. The Labute approximate surface area is 155 Å². The van der Waals surface area contributed by atoms with Gasteiger partial charge in [-0.1, -0.05) is 30.3 Å². The molecule has 1 unspecified atom stereocenters. The van der Waals surface area contributed by atoms with Crippen LogP contribution in [0.15, 0.2) is 30.3 Å². The average Bonchev–Trinajstić information content (AvgIpc) is 2.91. The predicted molar refractivity (Wildman–Crippen MR) is 99.6 cm³/mol. The van der Waals surface area contributed by atoms with Gasteiger partial charge >= 0.3 is 6.09 Å². The topological polar surface area (TPSA) is 70.7 Å². The number of ether oxygens (including phenoxy) is 1. The minimum atomic E-state index is -0.532. The van der Waals surface area contributed by atoms with Crippen molar-refractivity contribution in [3.8, 4) is 0 Å². The van der Waals surface area contributed by atoms with Crippen LogP contribution in [-0.2, 0) is 9.53 Å². The molecule has 2 aliphatic heterocycles. The largest absolute Gasteiger partial charge is 0.444 e. The molecule has 1 aromatic rings. The van der Waals surface area contributed by atoms with Crippen LogP contribution in [0.4, 0.5) is 4.79 Å². The Morgan fingerprint density at radius 1 is 1.27 bits per heavy atom. The maximum absolute atomic E-state index is 12.6. The quantitative estimate of drug-likeness (QED) is 0.851. The number of likely N-dealkylation sites (tertiary alicyclic amines) is 1. The van der Waals surface area contributed by atoms with Gasteiger partial charge in [-0.25, -0.2) is 4.79 Å². The number of piperidine rings is 1. The number of hydrogen-bond acceptors (Lipinski definition) is 4. The van der Waals surface area contributed by atoms with Crippen LogP contribution in [0.1, 0.15) is 45.7 Å². The highest BCUT2D eigenvalue weighted by molar-refractivity contribution is 5.75. The molecule has 2 N–H and O–H groups in total. The molecule has 2 saturated heterocycles. The summed E-state index contributed by atoms with van der Waals surface area (Å²) in [6.07, 6.45) is 0.496. The molecule has 0 aromatic heterocycles. The first-order valence-corrected chi connectivity index (χ1v) is 9.25. The van der Waals surface area contributed by atoms with E-state index in [1.165, 1.54) is 12.5 Å². The first-order valence-electron chi connectivity index (χ1n) is 9.25. The summed E-state index contributed by atoms with van der Waals surface area (Å²) in [4.78, 5) is 26.2. The van der Waals surface area contributed by atoms with Crippen LogP contribution in [0.3, 0.4) is 0 Å². The van der Waals surface area contributed by atoms with Gasteiger partial charge in [0, 0.05) is 38.5 Å². The molecule has 0 aliphatic carbocycles. The molecule has 2 heterocycles. The Morgan fingerprint density at radius 3 is 2.58 bits per heavy atom. The predicted octanol–water partition coefficient (Wildman–Crippen LogP) is 2.46. The van der Waals surface area contributed by atoms with Crippen LogP contribution in [0.5, 0.6) is 0 Å². The third-order valence-electron chi connectivity index (χ3n) is 5.17. The maximum Gasteiger partial charge on any atom is 0.410 e. The van der Waals surface area contributed by atoms with E-state index in [9.17, 15) is 9.59 Å². The number of fused-ring (bicyclic) bond motifs is 1. The van der Waals surface area contributed by atoms with Crippen LogP contribution in [0, 0.1) is 5.92 Å². The average molecular weight is 359 g/mol. The highest BCUT2D eigenvalue weighted by atomic mass is 16.6. The summed E-state index contributed by atoms with van der Waals surface area (Å²) in [5.41, 5.74) is 0.215. The van der Waals surface area contributed by atoms with Crippen molar-refractivity contribution in [3.05, 3.63) is 35.9 Å². The van der Waals surface area contributed by atoms with Gasteiger partial charge in [-0.2, -0.15) is 0 Å². The number of nitrogens with one attached hydrogen (secondary N) is 2. The molecule has 6 nitrogen and oxygen atoms in total. The van der Waals surface area contributed by atoms with Gasteiger partial charge in [-0.3, -0.25) is 4.79 Å². The SMILES string of the molecule is CC(=O)N[C@]12CN[C@H](c3ccccc3)C1CCN(C(=O)OC(C)(C)C)C2. The molecular formula is C20H29N3O3. The van der Waals surface area contributed by atoms with Gasteiger partial charge in [-0.15, -0.1) is 0 Å². The van der Waals surface area contributed by atoms with Gasteiger partial charge in [0.2, 0.25) is 5.91 Å². The molecule has 3 rings (SSSR count). The Balaban J connectivity index is 1.83. The van der Waals surface area contributed by atoms with E-state index in [1.807, 2.05) is 39.0 Å². The highest BCUT2D eigenvalue weighted by Crippen LogP contribution is 2.42.